The maximum Gasteiger partial charge on any atom is 0.129 e. The van der Waals surface area contributed by atoms with E-state index in [1.165, 1.54) is 0 Å². The van der Waals surface area contributed by atoms with Crippen LogP contribution in [-0.2, 0) is 0 Å². The zero-order valence-corrected chi connectivity index (χ0v) is 9.82. The van der Waals surface area contributed by atoms with E-state index in [9.17, 15) is 5.11 Å². The highest BCUT2D eigenvalue weighted by Crippen LogP contribution is 2.32. The van der Waals surface area contributed by atoms with Gasteiger partial charge in [-0.25, -0.2) is 0 Å². The van der Waals surface area contributed by atoms with Crippen molar-refractivity contribution in [2.24, 2.45) is 0 Å². The molecule has 0 aliphatic carbocycles. The Bertz CT molecular complexity index is 486. The predicted molar refractivity (Wildman–Crippen MR) is 64.7 cm³/mol. The number of fused-ring (bicyclic) bond motifs is 1. The molecule has 3 nitrogen and oxygen atoms in total. The molecular weight excluding hydrogens is 202 g/mol. The molecule has 0 bridgehead atoms. The van der Waals surface area contributed by atoms with Gasteiger partial charge in [-0.15, -0.1) is 0 Å². The van der Waals surface area contributed by atoms with Crippen LogP contribution in [0.1, 0.15) is 32.4 Å². The fourth-order valence-electron chi connectivity index (χ4n) is 1.86. The lowest BCUT2D eigenvalue weighted by molar-refractivity contribution is 0.200. The molecule has 0 radical (unpaired) electrons. The van der Waals surface area contributed by atoms with Gasteiger partial charge in [0.05, 0.1) is 12.2 Å². The molecule has 0 saturated carbocycles. The molecule has 0 fully saturated rings. The van der Waals surface area contributed by atoms with E-state index >= 15 is 0 Å². The Hall–Kier alpha value is -1.48. The third-order valence-electron chi connectivity index (χ3n) is 2.51. The van der Waals surface area contributed by atoms with E-state index in [4.69, 9.17) is 4.74 Å². The smallest absolute Gasteiger partial charge is 0.129 e. The van der Waals surface area contributed by atoms with Gasteiger partial charge in [-0.3, -0.25) is 0 Å². The van der Waals surface area contributed by atoms with Gasteiger partial charge in [-0.05, 0) is 32.9 Å². The summed E-state index contributed by atoms with van der Waals surface area (Å²) in [5.41, 5.74) is 1.88. The monoisotopic (exact) mass is 219 g/mol. The summed E-state index contributed by atoms with van der Waals surface area (Å²) in [5.74, 6) is 0.824. The molecule has 1 heterocycles. The van der Waals surface area contributed by atoms with Crippen LogP contribution in [0.2, 0.25) is 0 Å². The number of benzene rings is 1. The molecule has 2 N–H and O–H groups in total. The van der Waals surface area contributed by atoms with Crippen molar-refractivity contribution in [3.8, 4) is 5.75 Å². The van der Waals surface area contributed by atoms with Crippen molar-refractivity contribution in [3.05, 3.63) is 30.0 Å². The van der Waals surface area contributed by atoms with Crippen molar-refractivity contribution in [1.29, 1.82) is 0 Å². The van der Waals surface area contributed by atoms with Crippen LogP contribution < -0.4 is 4.74 Å². The molecule has 0 saturated heterocycles. The number of rotatable bonds is 3. The zero-order chi connectivity index (χ0) is 11.7. The molecule has 1 aromatic carbocycles. The third kappa shape index (κ3) is 1.91. The molecule has 1 aromatic heterocycles. The van der Waals surface area contributed by atoms with Gasteiger partial charge in [0.25, 0.3) is 0 Å². The van der Waals surface area contributed by atoms with Gasteiger partial charge in [0.15, 0.2) is 0 Å². The second-order valence-corrected chi connectivity index (χ2v) is 4.27. The van der Waals surface area contributed by atoms with Gasteiger partial charge in [-0.1, -0.05) is 6.07 Å². The largest absolute Gasteiger partial charge is 0.490 e. The second kappa shape index (κ2) is 4.18. The van der Waals surface area contributed by atoms with E-state index in [1.54, 1.807) is 6.92 Å². The highest BCUT2D eigenvalue weighted by atomic mass is 16.5. The Morgan fingerprint density at radius 1 is 1.25 bits per heavy atom. The Balaban J connectivity index is 2.59. The van der Waals surface area contributed by atoms with Crippen molar-refractivity contribution < 1.29 is 9.84 Å². The number of H-pyrrole nitrogens is 1. The Kier molecular flexibility index (Phi) is 2.88. The first-order chi connectivity index (χ1) is 7.59. The molecular formula is C13H17NO2. The molecule has 0 spiro atoms. The maximum atomic E-state index is 9.69. The van der Waals surface area contributed by atoms with E-state index < -0.39 is 6.10 Å². The summed E-state index contributed by atoms with van der Waals surface area (Å²) in [4.78, 5) is 3.14. The second-order valence-electron chi connectivity index (χ2n) is 4.27. The number of ether oxygens (including phenoxy) is 1. The van der Waals surface area contributed by atoms with E-state index in [-0.39, 0.29) is 6.10 Å². The van der Waals surface area contributed by atoms with Gasteiger partial charge in [0.2, 0.25) is 0 Å². The van der Waals surface area contributed by atoms with Gasteiger partial charge in [0, 0.05) is 22.7 Å². The van der Waals surface area contributed by atoms with Crippen LogP contribution in [0.3, 0.4) is 0 Å². The molecule has 1 atom stereocenters. The number of nitrogens with one attached hydrogen (secondary N) is 1. The molecule has 16 heavy (non-hydrogen) atoms. The normalized spacial score (nSPS) is 13.3. The summed E-state index contributed by atoms with van der Waals surface area (Å²) in [7, 11) is 0. The summed E-state index contributed by atoms with van der Waals surface area (Å²) < 4.78 is 5.75. The summed E-state index contributed by atoms with van der Waals surface area (Å²) in [6.07, 6.45) is 1.47. The van der Waals surface area contributed by atoms with E-state index in [0.29, 0.717) is 0 Å². The van der Waals surface area contributed by atoms with Crippen molar-refractivity contribution in [1.82, 2.24) is 4.98 Å². The summed E-state index contributed by atoms with van der Waals surface area (Å²) in [6, 6.07) is 5.86. The van der Waals surface area contributed by atoms with E-state index in [2.05, 4.69) is 4.98 Å². The minimum Gasteiger partial charge on any atom is -0.490 e. The predicted octanol–water partition coefficient (Wildman–Crippen LogP) is 3.01. The fraction of sp³-hybridized carbons (Fsp3) is 0.385. The molecule has 2 rings (SSSR count). The molecule has 0 aliphatic heterocycles. The number of aromatic amines is 1. The number of hydrogen-bond donors (Lipinski definition) is 2. The van der Waals surface area contributed by atoms with Crippen LogP contribution in [0.15, 0.2) is 24.4 Å². The SMILES string of the molecule is CC(C)Oc1cccc2[nH]cc([C@@H](C)O)c12. The van der Waals surface area contributed by atoms with Crippen molar-refractivity contribution in [3.63, 3.8) is 0 Å². The maximum absolute atomic E-state index is 9.69. The highest BCUT2D eigenvalue weighted by Gasteiger charge is 2.13. The molecule has 86 valence electrons. The van der Waals surface area contributed by atoms with Crippen LogP contribution in [0.4, 0.5) is 0 Å². The number of hydrogen-bond acceptors (Lipinski definition) is 2. The topological polar surface area (TPSA) is 45.2 Å². The number of aliphatic hydroxyl groups excluding tert-OH is 1. The molecule has 0 amide bonds. The zero-order valence-electron chi connectivity index (χ0n) is 9.82. The van der Waals surface area contributed by atoms with Crippen molar-refractivity contribution in [2.75, 3.05) is 0 Å². The summed E-state index contributed by atoms with van der Waals surface area (Å²) in [5, 5.41) is 10.7. The lowest BCUT2D eigenvalue weighted by atomic mass is 10.1. The van der Waals surface area contributed by atoms with Gasteiger partial charge >= 0.3 is 0 Å². The standard InChI is InChI=1S/C13H17NO2/c1-8(2)16-12-6-4-5-11-13(12)10(7-14-11)9(3)15/h4-9,14-15H,1-3H3/t9-/m1/s1. The lowest BCUT2D eigenvalue weighted by Crippen LogP contribution is -2.06. The third-order valence-corrected chi connectivity index (χ3v) is 2.51. The average molecular weight is 219 g/mol. The Labute approximate surface area is 95.1 Å². The van der Waals surface area contributed by atoms with Crippen LogP contribution in [0.25, 0.3) is 10.9 Å². The van der Waals surface area contributed by atoms with E-state index in [1.807, 2.05) is 38.2 Å². The molecule has 3 heteroatoms. The molecule has 0 aliphatic rings. The quantitative estimate of drug-likeness (QED) is 0.833. The first kappa shape index (κ1) is 11.0. The van der Waals surface area contributed by atoms with Gasteiger partial charge in [-0.2, -0.15) is 0 Å². The lowest BCUT2D eigenvalue weighted by Gasteiger charge is -2.12. The highest BCUT2D eigenvalue weighted by molar-refractivity contribution is 5.89. The summed E-state index contributed by atoms with van der Waals surface area (Å²) >= 11 is 0. The summed E-state index contributed by atoms with van der Waals surface area (Å²) in [6.45, 7) is 5.75. The van der Waals surface area contributed by atoms with Crippen molar-refractivity contribution in [2.45, 2.75) is 33.0 Å². The number of aromatic nitrogens is 1. The Morgan fingerprint density at radius 2 is 2.00 bits per heavy atom. The fourth-order valence-corrected chi connectivity index (χ4v) is 1.86. The molecule has 0 unspecified atom stereocenters. The van der Waals surface area contributed by atoms with Crippen molar-refractivity contribution >= 4 is 10.9 Å². The minimum absolute atomic E-state index is 0.127. The van der Waals surface area contributed by atoms with Crippen LogP contribution in [0.5, 0.6) is 5.75 Å². The van der Waals surface area contributed by atoms with E-state index in [0.717, 1.165) is 22.2 Å². The number of aliphatic hydroxyl groups is 1. The average Bonchev–Trinajstić information content (AvgIpc) is 2.61. The first-order valence-electron chi connectivity index (χ1n) is 5.54. The van der Waals surface area contributed by atoms with Crippen LogP contribution in [0, 0.1) is 0 Å². The van der Waals surface area contributed by atoms with Crippen LogP contribution in [-0.4, -0.2) is 16.2 Å². The molecule has 2 aromatic rings. The first-order valence-corrected chi connectivity index (χ1v) is 5.54. The minimum atomic E-state index is -0.495. The van der Waals surface area contributed by atoms with Gasteiger partial charge < -0.3 is 14.8 Å². The van der Waals surface area contributed by atoms with Gasteiger partial charge in [0.1, 0.15) is 5.75 Å². The Morgan fingerprint density at radius 3 is 2.62 bits per heavy atom. The van der Waals surface area contributed by atoms with Crippen LogP contribution >= 0.6 is 0 Å².